The first-order valence-electron chi connectivity index (χ1n) is 4.62. The molecule has 0 radical (unpaired) electrons. The zero-order valence-corrected chi connectivity index (χ0v) is 10.1. The van der Waals surface area contributed by atoms with Gasteiger partial charge in [-0.1, -0.05) is 0 Å². The Morgan fingerprint density at radius 2 is 1.94 bits per heavy atom. The normalized spacial score (nSPS) is 23.0. The maximum absolute atomic E-state index is 10.9. The lowest BCUT2D eigenvalue weighted by atomic mass is 9.90. The van der Waals surface area contributed by atoms with Crippen LogP contribution in [0.4, 0.5) is 0 Å². The highest BCUT2D eigenvalue weighted by atomic mass is 35.5. The van der Waals surface area contributed by atoms with Crippen molar-refractivity contribution in [2.45, 2.75) is 5.92 Å². The van der Waals surface area contributed by atoms with E-state index in [0.717, 1.165) is 12.1 Å². The van der Waals surface area contributed by atoms with Crippen molar-refractivity contribution in [1.82, 2.24) is 10.3 Å². The first-order chi connectivity index (χ1) is 6.79. The third kappa shape index (κ3) is 3.07. The quantitative estimate of drug-likeness (QED) is 0.846. The monoisotopic (exact) mass is 264 g/mol. The van der Waals surface area contributed by atoms with Gasteiger partial charge in [0.1, 0.15) is 0 Å². The first kappa shape index (κ1) is 15.2. The molecule has 2 N–H and O–H groups in total. The summed E-state index contributed by atoms with van der Waals surface area (Å²) in [7, 11) is 0. The van der Waals surface area contributed by atoms with Gasteiger partial charge in [0.05, 0.1) is 5.92 Å². The molecule has 6 heteroatoms. The molecule has 2 atom stereocenters. The van der Waals surface area contributed by atoms with E-state index in [1.807, 2.05) is 12.1 Å². The lowest BCUT2D eigenvalue weighted by Gasteiger charge is -2.14. The van der Waals surface area contributed by atoms with Crippen LogP contribution in [0.15, 0.2) is 24.5 Å². The predicted molar refractivity (Wildman–Crippen MR) is 65.5 cm³/mol. The van der Waals surface area contributed by atoms with Crippen molar-refractivity contribution < 1.29 is 9.90 Å². The van der Waals surface area contributed by atoms with Crippen LogP contribution in [0.2, 0.25) is 0 Å². The fourth-order valence-corrected chi connectivity index (χ4v) is 1.90. The number of carbonyl (C=O) groups is 1. The second-order valence-corrected chi connectivity index (χ2v) is 3.49. The summed E-state index contributed by atoms with van der Waals surface area (Å²) in [6.45, 7) is 1.29. The fraction of sp³-hybridized carbons (Fsp3) is 0.400. The minimum absolute atomic E-state index is 0. The number of nitrogens with one attached hydrogen (secondary N) is 1. The lowest BCUT2D eigenvalue weighted by molar-refractivity contribution is -0.141. The zero-order chi connectivity index (χ0) is 9.97. The number of carboxylic acid groups (broad SMARTS) is 1. The third-order valence-corrected chi connectivity index (χ3v) is 2.67. The molecule has 1 aromatic heterocycles. The number of aromatic nitrogens is 1. The van der Waals surface area contributed by atoms with E-state index in [2.05, 4.69) is 10.3 Å². The molecule has 1 aromatic rings. The maximum Gasteiger partial charge on any atom is 0.308 e. The molecule has 16 heavy (non-hydrogen) atoms. The number of halogens is 2. The van der Waals surface area contributed by atoms with Crippen molar-refractivity contribution in [3.63, 3.8) is 0 Å². The number of pyridine rings is 1. The molecule has 0 saturated carbocycles. The van der Waals surface area contributed by atoms with E-state index < -0.39 is 5.97 Å². The minimum Gasteiger partial charge on any atom is -0.481 e. The molecule has 2 rings (SSSR count). The van der Waals surface area contributed by atoms with E-state index in [1.165, 1.54) is 0 Å². The van der Waals surface area contributed by atoms with Gasteiger partial charge in [-0.25, -0.2) is 0 Å². The van der Waals surface area contributed by atoms with Crippen LogP contribution in [-0.4, -0.2) is 29.1 Å². The molecule has 0 aliphatic carbocycles. The third-order valence-electron chi connectivity index (χ3n) is 2.67. The Morgan fingerprint density at radius 1 is 1.31 bits per heavy atom. The van der Waals surface area contributed by atoms with Gasteiger partial charge in [0, 0.05) is 31.4 Å². The van der Waals surface area contributed by atoms with Crippen molar-refractivity contribution in [3.05, 3.63) is 30.1 Å². The van der Waals surface area contributed by atoms with E-state index in [-0.39, 0.29) is 36.6 Å². The predicted octanol–water partition coefficient (Wildman–Crippen LogP) is 1.31. The summed E-state index contributed by atoms with van der Waals surface area (Å²) in [6.07, 6.45) is 3.40. The fourth-order valence-electron chi connectivity index (χ4n) is 1.90. The molecule has 0 amide bonds. The molecule has 1 fully saturated rings. The topological polar surface area (TPSA) is 62.2 Å². The van der Waals surface area contributed by atoms with E-state index in [1.54, 1.807) is 12.4 Å². The molecule has 0 bridgehead atoms. The van der Waals surface area contributed by atoms with Crippen LogP contribution in [0.25, 0.3) is 0 Å². The van der Waals surface area contributed by atoms with Gasteiger partial charge in [0.15, 0.2) is 0 Å². The molecule has 4 nitrogen and oxygen atoms in total. The average Bonchev–Trinajstić information content (AvgIpc) is 2.67. The van der Waals surface area contributed by atoms with Crippen molar-refractivity contribution in [2.75, 3.05) is 13.1 Å². The largest absolute Gasteiger partial charge is 0.481 e. The smallest absolute Gasteiger partial charge is 0.308 e. The van der Waals surface area contributed by atoms with Gasteiger partial charge in [-0.2, -0.15) is 0 Å². The van der Waals surface area contributed by atoms with Gasteiger partial charge in [0.2, 0.25) is 0 Å². The van der Waals surface area contributed by atoms with Crippen molar-refractivity contribution in [1.29, 1.82) is 0 Å². The van der Waals surface area contributed by atoms with E-state index in [4.69, 9.17) is 5.11 Å². The van der Waals surface area contributed by atoms with Gasteiger partial charge in [-0.3, -0.25) is 9.78 Å². The first-order valence-corrected chi connectivity index (χ1v) is 4.62. The Hall–Kier alpha value is -0.840. The molecule has 2 heterocycles. The van der Waals surface area contributed by atoms with Crippen LogP contribution in [0.3, 0.4) is 0 Å². The highest BCUT2D eigenvalue weighted by Crippen LogP contribution is 2.27. The molecule has 1 saturated heterocycles. The average molecular weight is 265 g/mol. The molecular formula is C10H14Cl2N2O2. The molecule has 0 unspecified atom stereocenters. The molecule has 1 aliphatic heterocycles. The Kier molecular flexibility index (Phi) is 6.33. The summed E-state index contributed by atoms with van der Waals surface area (Å²) >= 11 is 0. The summed E-state index contributed by atoms with van der Waals surface area (Å²) in [4.78, 5) is 14.8. The highest BCUT2D eigenvalue weighted by Gasteiger charge is 2.33. The number of carboxylic acids is 1. The van der Waals surface area contributed by atoms with Crippen molar-refractivity contribution in [3.8, 4) is 0 Å². The van der Waals surface area contributed by atoms with Crippen LogP contribution in [-0.2, 0) is 4.79 Å². The van der Waals surface area contributed by atoms with E-state index >= 15 is 0 Å². The minimum atomic E-state index is -0.725. The summed E-state index contributed by atoms with van der Waals surface area (Å²) in [5, 5.41) is 12.1. The highest BCUT2D eigenvalue weighted by molar-refractivity contribution is 5.85. The second-order valence-electron chi connectivity index (χ2n) is 3.49. The van der Waals surface area contributed by atoms with Crippen LogP contribution < -0.4 is 5.32 Å². The van der Waals surface area contributed by atoms with Gasteiger partial charge < -0.3 is 10.4 Å². The van der Waals surface area contributed by atoms with E-state index in [0.29, 0.717) is 6.54 Å². The van der Waals surface area contributed by atoms with Gasteiger partial charge in [0.25, 0.3) is 0 Å². The molecule has 90 valence electrons. The Morgan fingerprint density at radius 3 is 2.50 bits per heavy atom. The SMILES string of the molecule is Cl.Cl.O=C(O)[C@H]1CNC[C@@H]1c1ccncc1. The van der Waals surface area contributed by atoms with E-state index in [9.17, 15) is 4.79 Å². The summed E-state index contributed by atoms with van der Waals surface area (Å²) < 4.78 is 0. The lowest BCUT2D eigenvalue weighted by Crippen LogP contribution is -2.20. The number of rotatable bonds is 2. The van der Waals surface area contributed by atoms with Crippen LogP contribution in [0.5, 0.6) is 0 Å². The van der Waals surface area contributed by atoms with Crippen LogP contribution in [0, 0.1) is 5.92 Å². The summed E-state index contributed by atoms with van der Waals surface area (Å²) in [5.74, 6) is -0.954. The zero-order valence-electron chi connectivity index (χ0n) is 8.50. The number of aliphatic carboxylic acids is 1. The molecule has 1 aliphatic rings. The van der Waals surface area contributed by atoms with Crippen LogP contribution >= 0.6 is 24.8 Å². The molecular weight excluding hydrogens is 251 g/mol. The number of hydrogen-bond acceptors (Lipinski definition) is 3. The van der Waals surface area contributed by atoms with Gasteiger partial charge >= 0.3 is 5.97 Å². The maximum atomic E-state index is 10.9. The summed E-state index contributed by atoms with van der Waals surface area (Å²) in [5.41, 5.74) is 1.05. The molecule has 0 aromatic carbocycles. The van der Waals surface area contributed by atoms with Crippen LogP contribution in [0.1, 0.15) is 11.5 Å². The van der Waals surface area contributed by atoms with Crippen molar-refractivity contribution in [2.24, 2.45) is 5.92 Å². The van der Waals surface area contributed by atoms with Gasteiger partial charge in [-0.05, 0) is 17.7 Å². The number of hydrogen-bond donors (Lipinski definition) is 2. The van der Waals surface area contributed by atoms with Crippen molar-refractivity contribution >= 4 is 30.8 Å². The standard InChI is InChI=1S/C10H12N2O2.2ClH/c13-10(14)9-6-12-5-8(9)7-1-3-11-4-2-7;;/h1-4,8-9,12H,5-6H2,(H,13,14);2*1H/t8-,9+;;/m1../s1. The summed E-state index contributed by atoms with van der Waals surface area (Å²) in [6, 6.07) is 3.77. The number of nitrogens with zero attached hydrogens (tertiary/aromatic N) is 1. The Bertz CT molecular complexity index is 335. The Balaban J connectivity index is 0.00000112. The Labute approximate surface area is 106 Å². The molecule has 0 spiro atoms. The van der Waals surface area contributed by atoms with Gasteiger partial charge in [-0.15, -0.1) is 24.8 Å². The second kappa shape index (κ2) is 6.68.